The lowest BCUT2D eigenvalue weighted by molar-refractivity contribution is 0.132. The summed E-state index contributed by atoms with van der Waals surface area (Å²) in [6, 6.07) is 10.8. The summed E-state index contributed by atoms with van der Waals surface area (Å²) in [4.78, 5) is 19.6. The molecule has 8 saturated heterocycles. The van der Waals surface area contributed by atoms with E-state index in [1.54, 1.807) is 0 Å². The van der Waals surface area contributed by atoms with Gasteiger partial charge in [-0.05, 0) is 230 Å². The Hall–Kier alpha value is -2.20. The molecule has 1 aromatic rings. The second-order valence-corrected chi connectivity index (χ2v) is 29.9. The van der Waals surface area contributed by atoms with Gasteiger partial charge in [0.25, 0.3) is 0 Å². The molecule has 16 atom stereocenters. The molecule has 0 saturated carbocycles. The fourth-order valence-corrected chi connectivity index (χ4v) is 13.2. The molecule has 8 aliphatic rings. The number of likely N-dealkylation sites (tertiary alicyclic amines) is 8. The van der Waals surface area contributed by atoms with Gasteiger partial charge in [0.15, 0.2) is 0 Å². The van der Waals surface area contributed by atoms with E-state index in [2.05, 4.69) is 228 Å². The van der Waals surface area contributed by atoms with Crippen molar-refractivity contribution in [1.82, 2.24) is 39.2 Å². The van der Waals surface area contributed by atoms with Gasteiger partial charge in [-0.2, -0.15) is 0 Å². The van der Waals surface area contributed by atoms with Crippen molar-refractivity contribution in [2.75, 3.05) is 138 Å². The Morgan fingerprint density at radius 3 is 0.893 bits per heavy atom. The highest BCUT2D eigenvalue weighted by molar-refractivity contribution is 5.14. The normalized spacial score (nSPS) is 34.5. The summed E-state index contributed by atoms with van der Waals surface area (Å²) in [5, 5.41) is 0. The number of hydrogen-bond acceptors (Lipinski definition) is 8. The summed E-state index contributed by atoms with van der Waals surface area (Å²) in [6.07, 6.45) is 16.9. The van der Waals surface area contributed by atoms with E-state index >= 15 is 0 Å². The fraction of sp³-hybridized carbons (Fsp3) is 0.842. The highest BCUT2D eigenvalue weighted by atomic mass is 15.2. The molecule has 8 heterocycles. The van der Waals surface area contributed by atoms with Crippen LogP contribution in [0, 0.1) is 94.7 Å². The van der Waals surface area contributed by atoms with Crippen molar-refractivity contribution in [3.63, 3.8) is 0 Å². The first-order valence-electron chi connectivity index (χ1n) is 35.5. The lowest BCUT2D eigenvalue weighted by Gasteiger charge is -2.35. The monoisotopic (exact) mass is 1170 g/mol. The van der Waals surface area contributed by atoms with Crippen molar-refractivity contribution in [1.29, 1.82) is 0 Å². The Morgan fingerprint density at radius 2 is 0.607 bits per heavy atom. The maximum absolute atomic E-state index is 3.77. The third-order valence-corrected chi connectivity index (χ3v) is 22.5. The lowest BCUT2D eigenvalue weighted by Crippen LogP contribution is -2.38. The second-order valence-electron chi connectivity index (χ2n) is 29.9. The molecular formula is C76H146N8. The van der Waals surface area contributed by atoms with Gasteiger partial charge in [-0.1, -0.05) is 174 Å². The van der Waals surface area contributed by atoms with E-state index in [0.29, 0.717) is 0 Å². The summed E-state index contributed by atoms with van der Waals surface area (Å²) >= 11 is 0. The average Bonchev–Trinajstić information content (AvgIpc) is 3.50. The van der Waals surface area contributed by atoms with Crippen LogP contribution in [0.25, 0.3) is 0 Å². The molecule has 1 aromatic carbocycles. The van der Waals surface area contributed by atoms with E-state index in [1.165, 1.54) is 175 Å². The topological polar surface area (TPSA) is 25.9 Å². The maximum Gasteiger partial charge on any atom is 0.0233 e. The average molecular weight is 1170 g/mol. The van der Waals surface area contributed by atoms with Crippen LogP contribution in [0.3, 0.4) is 0 Å². The highest BCUT2D eigenvalue weighted by Crippen LogP contribution is 2.28. The van der Waals surface area contributed by atoms with Crippen LogP contribution in [0.2, 0.25) is 0 Å². The summed E-state index contributed by atoms with van der Waals surface area (Å²) in [5.74, 6) is 14.4. The van der Waals surface area contributed by atoms with E-state index in [9.17, 15) is 0 Å². The number of benzene rings is 1. The van der Waals surface area contributed by atoms with E-state index in [1.807, 2.05) is 18.5 Å². The van der Waals surface area contributed by atoms with Crippen molar-refractivity contribution in [3.8, 4) is 0 Å². The van der Waals surface area contributed by atoms with Crippen LogP contribution >= 0.6 is 0 Å². The maximum atomic E-state index is 3.77. The SMILES string of the molecule is C=CCN1CCC(C)C(C)C1.C=CN1CCC(C)C(C)C1.C=CN1CCC(C)C(C)C1.CC1CCN(C)CC1C.CC1CCN(C)CC1C.CC1CCN(Cc2ccccc2)CC1C.CCN1CCC(C)C(C)C1.CCN1CCC(C)C(C)C1. The zero-order valence-corrected chi connectivity index (χ0v) is 59.9. The molecule has 490 valence electrons. The third-order valence-electron chi connectivity index (χ3n) is 22.5. The van der Waals surface area contributed by atoms with E-state index in [0.717, 1.165) is 108 Å². The molecule has 0 aliphatic carbocycles. The second kappa shape index (κ2) is 43.5. The van der Waals surface area contributed by atoms with Gasteiger partial charge < -0.3 is 29.4 Å². The Bertz CT molecular complexity index is 1710. The first-order chi connectivity index (χ1) is 39.8. The Kier molecular flexibility index (Phi) is 40.3. The van der Waals surface area contributed by atoms with Crippen molar-refractivity contribution in [2.45, 2.75) is 183 Å². The molecule has 0 radical (unpaired) electrons. The highest BCUT2D eigenvalue weighted by Gasteiger charge is 2.26. The van der Waals surface area contributed by atoms with Crippen LogP contribution < -0.4 is 0 Å². The van der Waals surface area contributed by atoms with Crippen LogP contribution in [0.5, 0.6) is 0 Å². The molecular weight excluding hydrogens is 1020 g/mol. The number of hydrogen-bond donors (Lipinski definition) is 0. The molecule has 9 rings (SSSR count). The Balaban J connectivity index is 0.000000330. The fourth-order valence-electron chi connectivity index (χ4n) is 13.2. The number of piperidine rings is 8. The molecule has 8 heteroatoms. The minimum Gasteiger partial charge on any atom is -0.378 e. The van der Waals surface area contributed by atoms with E-state index in [-0.39, 0.29) is 0 Å². The van der Waals surface area contributed by atoms with Gasteiger partial charge in [0, 0.05) is 78.5 Å². The quantitative estimate of drug-likeness (QED) is 0.238. The molecule has 0 bridgehead atoms. The predicted octanol–water partition coefficient (Wildman–Crippen LogP) is 16.7. The first-order valence-corrected chi connectivity index (χ1v) is 35.5. The molecule has 8 aliphatic heterocycles. The van der Waals surface area contributed by atoms with E-state index < -0.39 is 0 Å². The molecule has 0 amide bonds. The number of rotatable bonds is 8. The van der Waals surface area contributed by atoms with Gasteiger partial charge in [-0.3, -0.25) is 9.80 Å². The van der Waals surface area contributed by atoms with Gasteiger partial charge in [0.1, 0.15) is 0 Å². The Labute approximate surface area is 526 Å². The van der Waals surface area contributed by atoms with Gasteiger partial charge in [0.2, 0.25) is 0 Å². The zero-order chi connectivity index (χ0) is 62.9. The molecule has 16 unspecified atom stereocenters. The summed E-state index contributed by atoms with van der Waals surface area (Å²) in [5.41, 5.74) is 1.44. The van der Waals surface area contributed by atoms with Gasteiger partial charge in [-0.15, -0.1) is 6.58 Å². The molecule has 0 N–H and O–H groups in total. The van der Waals surface area contributed by atoms with Crippen LogP contribution in [0.4, 0.5) is 0 Å². The van der Waals surface area contributed by atoms with Crippen LogP contribution in [-0.2, 0) is 6.54 Å². The van der Waals surface area contributed by atoms with Crippen molar-refractivity contribution < 1.29 is 0 Å². The van der Waals surface area contributed by atoms with Crippen molar-refractivity contribution in [2.24, 2.45) is 94.7 Å². The zero-order valence-electron chi connectivity index (χ0n) is 59.9. The third kappa shape index (κ3) is 31.8. The summed E-state index contributed by atoms with van der Waals surface area (Å²) in [6.45, 7) is 78.4. The smallest absolute Gasteiger partial charge is 0.0233 e. The van der Waals surface area contributed by atoms with Crippen LogP contribution in [0.1, 0.15) is 182 Å². The lowest BCUT2D eigenvalue weighted by atomic mass is 9.88. The predicted molar refractivity (Wildman–Crippen MR) is 375 cm³/mol. The molecule has 8 nitrogen and oxygen atoms in total. The molecule has 8 fully saturated rings. The minimum atomic E-state index is 0.840. The van der Waals surface area contributed by atoms with Crippen molar-refractivity contribution in [3.05, 3.63) is 74.1 Å². The largest absolute Gasteiger partial charge is 0.378 e. The van der Waals surface area contributed by atoms with Crippen LogP contribution in [0.15, 0.2) is 68.5 Å². The van der Waals surface area contributed by atoms with Gasteiger partial charge >= 0.3 is 0 Å². The minimum absolute atomic E-state index is 0.840. The molecule has 84 heavy (non-hydrogen) atoms. The summed E-state index contributed by atoms with van der Waals surface area (Å²) < 4.78 is 0. The van der Waals surface area contributed by atoms with Crippen molar-refractivity contribution >= 4 is 0 Å². The van der Waals surface area contributed by atoms with Crippen LogP contribution in [-0.4, -0.2) is 178 Å². The molecule has 0 spiro atoms. The first kappa shape index (κ1) is 77.9. The van der Waals surface area contributed by atoms with Gasteiger partial charge in [0.05, 0.1) is 0 Å². The molecule has 0 aromatic heterocycles. The van der Waals surface area contributed by atoms with E-state index in [4.69, 9.17) is 0 Å². The number of nitrogens with zero attached hydrogens (tertiary/aromatic N) is 8. The summed E-state index contributed by atoms with van der Waals surface area (Å²) in [7, 11) is 4.42. The standard InChI is InChI=1S/C14H21N.C10H19N.2C9H19N.2C9H17N.2C8H17N/c1-12-8-9-15(10-13(12)2)11-14-6-4-3-5-7-14;1-4-6-11-7-5-9(2)10(3)8-11;4*1-4-10-6-5-8(2)9(3)7-10;2*1-7-4-5-9(3)6-8(7)2/h3-7,12-13H,8-11H2,1-2H3;4,9-10H,1,5-8H2,2-3H3;2*8-9H,4-7H2,1-3H3;2*4,8-9H,1,5-7H2,2-3H3;2*7-8H,4-6H2,1-3H3. The Morgan fingerprint density at radius 1 is 0.333 bits per heavy atom. The van der Waals surface area contributed by atoms with Gasteiger partial charge in [-0.25, -0.2) is 0 Å².